The lowest BCUT2D eigenvalue weighted by molar-refractivity contribution is -0.115. The zero-order valence-corrected chi connectivity index (χ0v) is 20.9. The molecule has 0 aliphatic rings. The lowest BCUT2D eigenvalue weighted by Crippen LogP contribution is -2.26. The van der Waals surface area contributed by atoms with Crippen molar-refractivity contribution in [1.82, 2.24) is 14.8 Å². The molecule has 2 atom stereocenters. The number of thioether (sulfide) groups is 1. The summed E-state index contributed by atoms with van der Waals surface area (Å²) in [5.41, 5.74) is 0.164. The number of amides is 1. The van der Waals surface area contributed by atoms with Crippen LogP contribution in [0.15, 0.2) is 53.7 Å². The Balaban J connectivity index is 1.78. The van der Waals surface area contributed by atoms with Gasteiger partial charge in [-0.25, -0.2) is 4.39 Å². The first-order chi connectivity index (χ1) is 16.3. The van der Waals surface area contributed by atoms with E-state index < -0.39 is 11.1 Å². The van der Waals surface area contributed by atoms with Gasteiger partial charge in [0.05, 0.1) is 18.0 Å². The van der Waals surface area contributed by atoms with Gasteiger partial charge in [-0.3, -0.25) is 4.79 Å². The van der Waals surface area contributed by atoms with E-state index in [1.807, 2.05) is 42.7 Å². The number of halogens is 1. The molecular weight excluding hydrogens is 455 g/mol. The van der Waals surface area contributed by atoms with Crippen molar-refractivity contribution in [3.05, 3.63) is 60.2 Å². The van der Waals surface area contributed by atoms with Crippen LogP contribution in [0.3, 0.4) is 0 Å². The minimum absolute atomic E-state index is 0.164. The Bertz CT molecular complexity index is 1090. The highest BCUT2D eigenvalue weighted by Gasteiger charge is 2.26. The van der Waals surface area contributed by atoms with Crippen LogP contribution in [0.1, 0.15) is 46.0 Å². The first-order valence-corrected chi connectivity index (χ1v) is 12.2. The highest BCUT2D eigenvalue weighted by atomic mass is 32.2. The molecule has 0 fully saturated rings. The van der Waals surface area contributed by atoms with Crippen LogP contribution in [0.25, 0.3) is 0 Å². The minimum Gasteiger partial charge on any atom is -0.497 e. The Morgan fingerprint density at radius 1 is 1.09 bits per heavy atom. The van der Waals surface area contributed by atoms with Gasteiger partial charge in [0.15, 0.2) is 17.1 Å². The van der Waals surface area contributed by atoms with Gasteiger partial charge >= 0.3 is 0 Å². The number of aromatic nitrogens is 3. The minimum atomic E-state index is -0.467. The molecule has 2 aromatic carbocycles. The van der Waals surface area contributed by atoms with E-state index in [1.165, 1.54) is 17.8 Å². The van der Waals surface area contributed by atoms with E-state index in [4.69, 9.17) is 9.47 Å². The van der Waals surface area contributed by atoms with Gasteiger partial charge < -0.3 is 19.4 Å². The standard InChI is InChI=1S/C25H31FN4O3S/c1-6-22(24(31)27-21-10-8-7-9-20(21)26)34-25-29-28-23(30(25)15-16(2)3)17(4)33-19-13-11-18(32-5)12-14-19/h7-14,16-17,22H,6,15H2,1-5H3,(H,27,31). The molecule has 0 bridgehead atoms. The van der Waals surface area contributed by atoms with Crippen molar-refractivity contribution in [2.24, 2.45) is 5.92 Å². The van der Waals surface area contributed by atoms with Crippen molar-refractivity contribution in [2.45, 2.75) is 57.2 Å². The van der Waals surface area contributed by atoms with E-state index in [1.54, 1.807) is 25.3 Å². The van der Waals surface area contributed by atoms with Crippen molar-refractivity contribution in [1.29, 1.82) is 0 Å². The molecule has 7 nitrogen and oxygen atoms in total. The quantitative estimate of drug-likeness (QED) is 0.349. The normalized spacial score (nSPS) is 12.9. The third kappa shape index (κ3) is 6.50. The Morgan fingerprint density at radius 3 is 2.38 bits per heavy atom. The van der Waals surface area contributed by atoms with E-state index in [2.05, 4.69) is 29.4 Å². The van der Waals surface area contributed by atoms with E-state index in [-0.39, 0.29) is 17.7 Å². The second-order valence-electron chi connectivity index (χ2n) is 8.26. The van der Waals surface area contributed by atoms with Gasteiger partial charge in [0.1, 0.15) is 17.3 Å². The topological polar surface area (TPSA) is 78.3 Å². The van der Waals surface area contributed by atoms with E-state index in [0.717, 1.165) is 5.75 Å². The number of methoxy groups -OCH3 is 1. The molecule has 0 radical (unpaired) electrons. The number of carbonyl (C=O) groups is 1. The molecule has 0 spiro atoms. The summed E-state index contributed by atoms with van der Waals surface area (Å²) >= 11 is 1.32. The second-order valence-corrected chi connectivity index (χ2v) is 9.43. The first-order valence-electron chi connectivity index (χ1n) is 11.3. The molecule has 0 saturated carbocycles. The number of hydrogen-bond acceptors (Lipinski definition) is 6. The molecular formula is C25H31FN4O3S. The van der Waals surface area contributed by atoms with Crippen LogP contribution in [-0.4, -0.2) is 33.0 Å². The van der Waals surface area contributed by atoms with Gasteiger partial charge in [0.25, 0.3) is 0 Å². The predicted octanol–water partition coefficient (Wildman–Crippen LogP) is 5.73. The summed E-state index contributed by atoms with van der Waals surface area (Å²) in [7, 11) is 1.62. The van der Waals surface area contributed by atoms with Crippen LogP contribution in [0.2, 0.25) is 0 Å². The Kier molecular flexibility index (Phi) is 8.92. The largest absolute Gasteiger partial charge is 0.497 e. The summed E-state index contributed by atoms with van der Waals surface area (Å²) in [6.45, 7) is 8.72. The van der Waals surface area contributed by atoms with Crippen molar-refractivity contribution in [3.8, 4) is 11.5 Å². The fraction of sp³-hybridized carbons (Fsp3) is 0.400. The van der Waals surface area contributed by atoms with Crippen LogP contribution >= 0.6 is 11.8 Å². The maximum absolute atomic E-state index is 14.0. The monoisotopic (exact) mass is 486 g/mol. The summed E-state index contributed by atoms with van der Waals surface area (Å²) < 4.78 is 27.3. The fourth-order valence-electron chi connectivity index (χ4n) is 3.36. The molecule has 34 heavy (non-hydrogen) atoms. The third-order valence-electron chi connectivity index (χ3n) is 5.07. The average molecular weight is 487 g/mol. The number of carbonyl (C=O) groups excluding carboxylic acids is 1. The predicted molar refractivity (Wildman–Crippen MR) is 132 cm³/mol. The number of para-hydroxylation sites is 1. The fourth-order valence-corrected chi connectivity index (χ4v) is 4.33. The number of anilines is 1. The third-order valence-corrected chi connectivity index (χ3v) is 6.42. The molecule has 1 amide bonds. The summed E-state index contributed by atoms with van der Waals surface area (Å²) in [5, 5.41) is 11.6. The van der Waals surface area contributed by atoms with Gasteiger partial charge in [0, 0.05) is 6.54 Å². The Labute approximate surface area is 204 Å². The van der Waals surface area contributed by atoms with E-state index in [9.17, 15) is 9.18 Å². The van der Waals surface area contributed by atoms with Gasteiger partial charge in [-0.05, 0) is 55.7 Å². The van der Waals surface area contributed by atoms with Crippen LogP contribution < -0.4 is 14.8 Å². The number of ether oxygens (including phenoxy) is 2. The van der Waals surface area contributed by atoms with Crippen LogP contribution in [0.5, 0.6) is 11.5 Å². The number of nitrogens with zero attached hydrogens (tertiary/aromatic N) is 3. The molecule has 0 aliphatic heterocycles. The van der Waals surface area contributed by atoms with E-state index >= 15 is 0 Å². The van der Waals surface area contributed by atoms with Crippen molar-refractivity contribution >= 4 is 23.4 Å². The zero-order chi connectivity index (χ0) is 24.7. The summed E-state index contributed by atoms with van der Waals surface area (Å²) in [4.78, 5) is 12.9. The van der Waals surface area contributed by atoms with Crippen molar-refractivity contribution in [3.63, 3.8) is 0 Å². The second kappa shape index (κ2) is 11.9. The number of hydrogen-bond donors (Lipinski definition) is 1. The van der Waals surface area contributed by atoms with E-state index in [0.29, 0.717) is 35.6 Å². The maximum atomic E-state index is 14.0. The van der Waals surface area contributed by atoms with Crippen LogP contribution in [0.4, 0.5) is 10.1 Å². The lowest BCUT2D eigenvalue weighted by atomic mass is 10.2. The number of benzene rings is 2. The number of nitrogens with one attached hydrogen (secondary N) is 1. The van der Waals surface area contributed by atoms with Gasteiger partial charge in [-0.2, -0.15) is 0 Å². The van der Waals surface area contributed by atoms with Gasteiger partial charge in [-0.1, -0.05) is 44.7 Å². The summed E-state index contributed by atoms with van der Waals surface area (Å²) in [6, 6.07) is 13.5. The molecule has 182 valence electrons. The van der Waals surface area contributed by atoms with Crippen LogP contribution in [0, 0.1) is 11.7 Å². The summed E-state index contributed by atoms with van der Waals surface area (Å²) in [5.74, 6) is 1.70. The van der Waals surface area contributed by atoms with Crippen molar-refractivity contribution in [2.75, 3.05) is 12.4 Å². The SMILES string of the molecule is CCC(Sc1nnc(C(C)Oc2ccc(OC)cc2)n1CC(C)C)C(=O)Nc1ccccc1F. The average Bonchev–Trinajstić information content (AvgIpc) is 3.20. The smallest absolute Gasteiger partial charge is 0.238 e. The molecule has 9 heteroatoms. The molecule has 3 rings (SSSR count). The highest BCUT2D eigenvalue weighted by Crippen LogP contribution is 2.30. The molecule has 0 aliphatic carbocycles. The first kappa shape index (κ1) is 25.6. The summed E-state index contributed by atoms with van der Waals surface area (Å²) in [6.07, 6.45) is 0.188. The molecule has 0 saturated heterocycles. The zero-order valence-electron chi connectivity index (χ0n) is 20.1. The molecule has 2 unspecified atom stereocenters. The number of rotatable bonds is 11. The van der Waals surface area contributed by atoms with Crippen molar-refractivity contribution < 1.29 is 18.7 Å². The lowest BCUT2D eigenvalue weighted by Gasteiger charge is -2.19. The van der Waals surface area contributed by atoms with Crippen LogP contribution in [-0.2, 0) is 11.3 Å². The Hall–Kier alpha value is -3.07. The molecule has 1 heterocycles. The molecule has 3 aromatic rings. The van der Waals surface area contributed by atoms with Gasteiger partial charge in [-0.15, -0.1) is 10.2 Å². The molecule has 1 N–H and O–H groups in total. The molecule has 1 aromatic heterocycles. The maximum Gasteiger partial charge on any atom is 0.238 e. The van der Waals surface area contributed by atoms with Gasteiger partial charge in [0.2, 0.25) is 5.91 Å². The Morgan fingerprint density at radius 2 is 1.76 bits per heavy atom. The highest BCUT2D eigenvalue weighted by molar-refractivity contribution is 8.00.